The van der Waals surface area contributed by atoms with E-state index in [4.69, 9.17) is 11.6 Å². The molecule has 1 aromatic rings. The second-order valence-electron chi connectivity index (χ2n) is 3.57. The molecule has 2 N–H and O–H groups in total. The maximum atomic E-state index is 13.7. The molecule has 0 saturated carbocycles. The van der Waals surface area contributed by atoms with Gasteiger partial charge in [0, 0.05) is 10.0 Å². The molecule has 2 unspecified atom stereocenters. The van der Waals surface area contributed by atoms with Crippen LogP contribution >= 0.6 is 27.5 Å². The monoisotopic (exact) mass is 310 g/mol. The first kappa shape index (κ1) is 13.9. The van der Waals surface area contributed by atoms with Crippen LogP contribution in [0.4, 0.5) is 4.39 Å². The third-order valence-electron chi connectivity index (χ3n) is 2.33. The van der Waals surface area contributed by atoms with Crippen molar-refractivity contribution >= 4 is 27.5 Å². The van der Waals surface area contributed by atoms with Crippen molar-refractivity contribution in [2.24, 2.45) is 0 Å². The smallest absolute Gasteiger partial charge is 0.148 e. The van der Waals surface area contributed by atoms with Gasteiger partial charge in [0.2, 0.25) is 0 Å². The van der Waals surface area contributed by atoms with Gasteiger partial charge in [-0.15, -0.1) is 0 Å². The van der Waals surface area contributed by atoms with Gasteiger partial charge in [-0.25, -0.2) is 4.39 Å². The second-order valence-corrected chi connectivity index (χ2v) is 4.80. The molecule has 0 spiro atoms. The molecule has 0 aliphatic rings. The fraction of sp³-hybridized carbons (Fsp3) is 0.455. The van der Waals surface area contributed by atoms with E-state index in [0.717, 1.165) is 0 Å². The Kier molecular flexibility index (Phi) is 5.18. The van der Waals surface area contributed by atoms with Crippen molar-refractivity contribution in [3.05, 3.63) is 33.0 Å². The Bertz CT molecular complexity index is 373. The molecule has 1 aromatic carbocycles. The van der Waals surface area contributed by atoms with Crippen LogP contribution in [0.25, 0.3) is 0 Å². The molecule has 1 rings (SSSR count). The molecule has 2 nitrogen and oxygen atoms in total. The van der Waals surface area contributed by atoms with Crippen LogP contribution in [0.5, 0.6) is 0 Å². The maximum Gasteiger partial charge on any atom is 0.148 e. The minimum atomic E-state index is -1.24. The van der Waals surface area contributed by atoms with Gasteiger partial charge in [-0.05, 0) is 28.4 Å². The molecule has 0 heterocycles. The largest absolute Gasteiger partial charge is 0.390 e. The highest BCUT2D eigenvalue weighted by Gasteiger charge is 2.22. The number of aliphatic hydroxyl groups is 2. The molecule has 90 valence electrons. The summed E-state index contributed by atoms with van der Waals surface area (Å²) in [4.78, 5) is 0. The first-order chi connectivity index (χ1) is 7.49. The molecule has 0 fully saturated rings. The summed E-state index contributed by atoms with van der Waals surface area (Å²) >= 11 is 8.78. The van der Waals surface area contributed by atoms with Crippen LogP contribution in [-0.4, -0.2) is 16.3 Å². The topological polar surface area (TPSA) is 40.5 Å². The first-order valence-electron chi connectivity index (χ1n) is 4.98. The lowest BCUT2D eigenvalue weighted by atomic mass is 10.0. The SMILES string of the molecule is CCCC(O)C(O)c1ccc(Br)c(Cl)c1F. The van der Waals surface area contributed by atoms with Gasteiger partial charge in [0.15, 0.2) is 0 Å². The maximum absolute atomic E-state index is 13.7. The van der Waals surface area contributed by atoms with Gasteiger partial charge in [-0.1, -0.05) is 31.0 Å². The van der Waals surface area contributed by atoms with Gasteiger partial charge in [0.05, 0.1) is 11.1 Å². The first-order valence-corrected chi connectivity index (χ1v) is 6.15. The summed E-state index contributed by atoms with van der Waals surface area (Å²) < 4.78 is 14.1. The highest BCUT2D eigenvalue weighted by atomic mass is 79.9. The lowest BCUT2D eigenvalue weighted by Crippen LogP contribution is -2.19. The van der Waals surface area contributed by atoms with Gasteiger partial charge >= 0.3 is 0 Å². The average molecular weight is 312 g/mol. The number of halogens is 3. The van der Waals surface area contributed by atoms with Gasteiger partial charge < -0.3 is 10.2 Å². The van der Waals surface area contributed by atoms with Crippen molar-refractivity contribution in [1.82, 2.24) is 0 Å². The summed E-state index contributed by atoms with van der Waals surface area (Å²) in [5.74, 6) is -0.696. The normalized spacial score (nSPS) is 14.9. The van der Waals surface area contributed by atoms with Gasteiger partial charge in [-0.3, -0.25) is 0 Å². The Morgan fingerprint density at radius 3 is 2.62 bits per heavy atom. The summed E-state index contributed by atoms with van der Waals surface area (Å²) in [5.41, 5.74) is 0.0224. The Morgan fingerprint density at radius 2 is 2.06 bits per heavy atom. The van der Waals surface area contributed by atoms with E-state index in [1.807, 2.05) is 6.92 Å². The molecule has 0 aliphatic heterocycles. The van der Waals surface area contributed by atoms with Crippen LogP contribution in [0, 0.1) is 5.82 Å². The van der Waals surface area contributed by atoms with Crippen LogP contribution in [0.2, 0.25) is 5.02 Å². The van der Waals surface area contributed by atoms with Crippen molar-refractivity contribution in [3.63, 3.8) is 0 Å². The van der Waals surface area contributed by atoms with E-state index in [1.54, 1.807) is 6.07 Å². The number of hydrogen-bond donors (Lipinski definition) is 2. The van der Waals surface area contributed by atoms with Crippen molar-refractivity contribution in [2.75, 3.05) is 0 Å². The summed E-state index contributed by atoms with van der Waals surface area (Å²) in [6, 6.07) is 2.96. The van der Waals surface area contributed by atoms with Crippen LogP contribution < -0.4 is 0 Å². The average Bonchev–Trinajstić information content (AvgIpc) is 2.26. The minimum Gasteiger partial charge on any atom is -0.390 e. The van der Waals surface area contributed by atoms with Crippen molar-refractivity contribution in [3.8, 4) is 0 Å². The van der Waals surface area contributed by atoms with E-state index in [2.05, 4.69) is 15.9 Å². The summed E-state index contributed by atoms with van der Waals surface area (Å²) in [7, 11) is 0. The lowest BCUT2D eigenvalue weighted by molar-refractivity contribution is 0.0111. The quantitative estimate of drug-likeness (QED) is 0.836. The van der Waals surface area contributed by atoms with Crippen molar-refractivity contribution < 1.29 is 14.6 Å². The van der Waals surface area contributed by atoms with Crippen LogP contribution in [0.15, 0.2) is 16.6 Å². The van der Waals surface area contributed by atoms with E-state index in [9.17, 15) is 14.6 Å². The predicted molar refractivity (Wildman–Crippen MR) is 65.0 cm³/mol. The standard InChI is InChI=1S/C11H13BrClFO2/c1-2-3-8(15)11(16)6-4-5-7(12)9(13)10(6)14/h4-5,8,11,15-16H,2-3H2,1H3. The fourth-order valence-electron chi connectivity index (χ4n) is 1.43. The Morgan fingerprint density at radius 1 is 1.44 bits per heavy atom. The fourth-order valence-corrected chi connectivity index (χ4v) is 1.91. The Hall–Kier alpha value is -0.160. The zero-order chi connectivity index (χ0) is 12.3. The van der Waals surface area contributed by atoms with Gasteiger partial charge in [0.1, 0.15) is 11.9 Å². The zero-order valence-corrected chi connectivity index (χ0v) is 11.1. The molecule has 5 heteroatoms. The van der Waals surface area contributed by atoms with E-state index >= 15 is 0 Å². The summed E-state index contributed by atoms with van der Waals surface area (Å²) in [6.07, 6.45) is -1.10. The van der Waals surface area contributed by atoms with Crippen molar-refractivity contribution in [2.45, 2.75) is 32.0 Å². The molecule has 2 atom stereocenters. The molecule has 0 bridgehead atoms. The summed E-state index contributed by atoms with van der Waals surface area (Å²) in [5, 5.41) is 19.3. The van der Waals surface area contributed by atoms with Gasteiger partial charge in [-0.2, -0.15) is 0 Å². The number of aliphatic hydroxyl groups excluding tert-OH is 2. The van der Waals surface area contributed by atoms with Crippen LogP contribution in [0.1, 0.15) is 31.4 Å². The predicted octanol–water partition coefficient (Wildman–Crippen LogP) is 3.44. The van der Waals surface area contributed by atoms with E-state index < -0.39 is 18.0 Å². The van der Waals surface area contributed by atoms with E-state index in [-0.39, 0.29) is 10.6 Å². The second kappa shape index (κ2) is 5.96. The molecule has 16 heavy (non-hydrogen) atoms. The number of hydrogen-bond acceptors (Lipinski definition) is 2. The zero-order valence-electron chi connectivity index (χ0n) is 8.75. The molecular formula is C11H13BrClFO2. The lowest BCUT2D eigenvalue weighted by Gasteiger charge is -2.18. The van der Waals surface area contributed by atoms with E-state index in [1.165, 1.54) is 6.07 Å². The molecule has 0 saturated heterocycles. The molecular weight excluding hydrogens is 298 g/mol. The van der Waals surface area contributed by atoms with Crippen LogP contribution in [-0.2, 0) is 0 Å². The van der Waals surface area contributed by atoms with E-state index in [0.29, 0.717) is 17.3 Å². The third kappa shape index (κ3) is 2.94. The number of benzene rings is 1. The van der Waals surface area contributed by atoms with Gasteiger partial charge in [0.25, 0.3) is 0 Å². The molecule has 0 aromatic heterocycles. The third-order valence-corrected chi connectivity index (χ3v) is 3.59. The Labute approximate surface area is 107 Å². The summed E-state index contributed by atoms with van der Waals surface area (Å²) in [6.45, 7) is 1.88. The highest BCUT2D eigenvalue weighted by molar-refractivity contribution is 9.10. The molecule has 0 aliphatic carbocycles. The minimum absolute atomic E-state index is 0.0224. The highest BCUT2D eigenvalue weighted by Crippen LogP contribution is 2.32. The molecule has 0 radical (unpaired) electrons. The Balaban J connectivity index is 3.00. The van der Waals surface area contributed by atoms with Crippen molar-refractivity contribution in [1.29, 1.82) is 0 Å². The van der Waals surface area contributed by atoms with Crippen LogP contribution in [0.3, 0.4) is 0 Å². The molecule has 0 amide bonds. The number of rotatable bonds is 4.